The SMILES string of the molecule is C/C=C(/C=O)c1ccccc1[N+](=O)[O-]. The molecule has 0 fully saturated rings. The molecule has 0 bridgehead atoms. The van der Waals surface area contributed by atoms with E-state index in [1.807, 2.05) is 0 Å². The summed E-state index contributed by atoms with van der Waals surface area (Å²) in [6.07, 6.45) is 2.16. The number of hydrogen-bond acceptors (Lipinski definition) is 3. The minimum absolute atomic E-state index is 0.0484. The highest BCUT2D eigenvalue weighted by molar-refractivity contribution is 6.08. The van der Waals surface area contributed by atoms with Gasteiger partial charge in [-0.05, 0) is 13.0 Å². The van der Waals surface area contributed by atoms with Crippen LogP contribution in [0.25, 0.3) is 5.57 Å². The second kappa shape index (κ2) is 4.32. The van der Waals surface area contributed by atoms with Crippen molar-refractivity contribution in [1.29, 1.82) is 0 Å². The molecule has 72 valence electrons. The average Bonchev–Trinajstić information content (AvgIpc) is 2.20. The number of para-hydroxylation sites is 1. The Morgan fingerprint density at radius 3 is 2.57 bits per heavy atom. The van der Waals surface area contributed by atoms with Gasteiger partial charge in [0, 0.05) is 11.6 Å². The highest BCUT2D eigenvalue weighted by atomic mass is 16.6. The van der Waals surface area contributed by atoms with E-state index in [2.05, 4.69) is 0 Å². The van der Waals surface area contributed by atoms with Crippen LogP contribution in [0.5, 0.6) is 0 Å². The van der Waals surface area contributed by atoms with Crippen LogP contribution in [0.1, 0.15) is 12.5 Å². The summed E-state index contributed by atoms with van der Waals surface area (Å²) in [5.74, 6) is 0. The van der Waals surface area contributed by atoms with Crippen molar-refractivity contribution in [3.8, 4) is 0 Å². The molecule has 4 heteroatoms. The van der Waals surface area contributed by atoms with E-state index >= 15 is 0 Å². The molecule has 0 aliphatic rings. The van der Waals surface area contributed by atoms with E-state index in [-0.39, 0.29) is 5.69 Å². The maximum Gasteiger partial charge on any atom is 0.277 e. The maximum absolute atomic E-state index is 10.6. The van der Waals surface area contributed by atoms with Gasteiger partial charge in [0.15, 0.2) is 6.29 Å². The van der Waals surface area contributed by atoms with Crippen molar-refractivity contribution in [2.75, 3.05) is 0 Å². The number of aldehydes is 1. The zero-order valence-corrected chi connectivity index (χ0v) is 7.64. The van der Waals surface area contributed by atoms with E-state index in [9.17, 15) is 14.9 Å². The summed E-state index contributed by atoms with van der Waals surface area (Å²) in [6, 6.07) is 6.17. The monoisotopic (exact) mass is 191 g/mol. The van der Waals surface area contributed by atoms with E-state index < -0.39 is 4.92 Å². The molecule has 4 nitrogen and oxygen atoms in total. The van der Waals surface area contributed by atoms with Crippen LogP contribution in [-0.2, 0) is 4.79 Å². The van der Waals surface area contributed by atoms with Crippen LogP contribution < -0.4 is 0 Å². The molecule has 0 atom stereocenters. The van der Waals surface area contributed by atoms with Crippen LogP contribution in [0, 0.1) is 10.1 Å². The van der Waals surface area contributed by atoms with Gasteiger partial charge in [0.05, 0.1) is 10.5 Å². The summed E-state index contributed by atoms with van der Waals surface area (Å²) < 4.78 is 0. The Hall–Kier alpha value is -1.97. The Morgan fingerprint density at radius 2 is 2.07 bits per heavy atom. The van der Waals surface area contributed by atoms with Gasteiger partial charge in [0.25, 0.3) is 5.69 Å². The summed E-state index contributed by atoms with van der Waals surface area (Å²) in [6.45, 7) is 1.67. The van der Waals surface area contributed by atoms with Gasteiger partial charge in [-0.15, -0.1) is 0 Å². The molecule has 0 unspecified atom stereocenters. The molecule has 0 aliphatic heterocycles. The topological polar surface area (TPSA) is 60.2 Å². The Morgan fingerprint density at radius 1 is 1.43 bits per heavy atom. The molecule has 14 heavy (non-hydrogen) atoms. The fraction of sp³-hybridized carbons (Fsp3) is 0.100. The van der Waals surface area contributed by atoms with E-state index in [1.165, 1.54) is 6.07 Å². The van der Waals surface area contributed by atoms with Crippen LogP contribution in [0.3, 0.4) is 0 Å². The third-order valence-electron chi connectivity index (χ3n) is 1.85. The standard InChI is InChI=1S/C10H9NO3/c1-2-8(7-12)9-5-3-4-6-10(9)11(13)14/h2-7H,1H3/b8-2-. The molecule has 0 aliphatic carbocycles. The number of nitro benzene ring substituents is 1. The average molecular weight is 191 g/mol. The predicted octanol–water partition coefficient (Wildman–Crippen LogP) is 2.20. The molecule has 0 saturated heterocycles. The number of nitrogens with zero attached hydrogens (tertiary/aromatic N) is 1. The molecule has 1 rings (SSSR count). The number of rotatable bonds is 3. The number of benzene rings is 1. The van der Waals surface area contributed by atoms with E-state index in [1.54, 1.807) is 31.2 Å². The maximum atomic E-state index is 10.6. The van der Waals surface area contributed by atoms with Crippen LogP contribution in [0.4, 0.5) is 5.69 Å². The Bertz CT molecular complexity index is 396. The molecular formula is C10H9NO3. The largest absolute Gasteiger partial charge is 0.298 e. The lowest BCUT2D eigenvalue weighted by Gasteiger charge is -2.00. The van der Waals surface area contributed by atoms with Crippen LogP contribution in [0.2, 0.25) is 0 Å². The second-order valence-corrected chi connectivity index (χ2v) is 2.64. The van der Waals surface area contributed by atoms with Gasteiger partial charge in [-0.2, -0.15) is 0 Å². The van der Waals surface area contributed by atoms with Gasteiger partial charge in [-0.3, -0.25) is 14.9 Å². The van der Waals surface area contributed by atoms with Gasteiger partial charge in [0.2, 0.25) is 0 Å². The first-order valence-electron chi connectivity index (χ1n) is 4.06. The van der Waals surface area contributed by atoms with Crippen molar-refractivity contribution in [2.24, 2.45) is 0 Å². The lowest BCUT2D eigenvalue weighted by molar-refractivity contribution is -0.385. The molecule has 1 aromatic rings. The third-order valence-corrected chi connectivity index (χ3v) is 1.85. The smallest absolute Gasteiger partial charge is 0.277 e. The third kappa shape index (κ3) is 1.85. The number of carbonyl (C=O) groups is 1. The van der Waals surface area contributed by atoms with Crippen molar-refractivity contribution in [2.45, 2.75) is 6.92 Å². The van der Waals surface area contributed by atoms with Gasteiger partial charge in [0.1, 0.15) is 0 Å². The lowest BCUT2D eigenvalue weighted by Crippen LogP contribution is -1.95. The molecule has 0 radical (unpaired) electrons. The van der Waals surface area contributed by atoms with Crippen molar-refractivity contribution < 1.29 is 9.72 Å². The second-order valence-electron chi connectivity index (χ2n) is 2.64. The van der Waals surface area contributed by atoms with Crippen LogP contribution >= 0.6 is 0 Å². The predicted molar refractivity (Wildman–Crippen MR) is 52.8 cm³/mol. The molecule has 0 heterocycles. The normalized spacial score (nSPS) is 11.1. The molecule has 0 N–H and O–H groups in total. The molecule has 0 amide bonds. The first-order chi connectivity index (χ1) is 6.70. The van der Waals surface area contributed by atoms with Crippen LogP contribution in [0.15, 0.2) is 30.3 Å². The fourth-order valence-corrected chi connectivity index (χ4v) is 1.16. The minimum atomic E-state index is -0.498. The minimum Gasteiger partial charge on any atom is -0.298 e. The van der Waals surface area contributed by atoms with E-state index in [0.29, 0.717) is 17.4 Å². The van der Waals surface area contributed by atoms with Crippen molar-refractivity contribution in [1.82, 2.24) is 0 Å². The highest BCUT2D eigenvalue weighted by Gasteiger charge is 2.14. The van der Waals surface area contributed by atoms with Crippen molar-refractivity contribution >= 4 is 17.5 Å². The Kier molecular flexibility index (Phi) is 3.12. The zero-order valence-electron chi connectivity index (χ0n) is 7.64. The quantitative estimate of drug-likeness (QED) is 0.318. The van der Waals surface area contributed by atoms with Crippen LogP contribution in [-0.4, -0.2) is 11.2 Å². The molecule has 0 aromatic heterocycles. The fourth-order valence-electron chi connectivity index (χ4n) is 1.16. The first kappa shape index (κ1) is 10.1. The van der Waals surface area contributed by atoms with Gasteiger partial charge < -0.3 is 0 Å². The van der Waals surface area contributed by atoms with Gasteiger partial charge in [-0.25, -0.2) is 0 Å². The van der Waals surface area contributed by atoms with E-state index in [0.717, 1.165) is 0 Å². The summed E-state index contributed by atoms with van der Waals surface area (Å²) in [7, 11) is 0. The Labute approximate surface area is 81.0 Å². The summed E-state index contributed by atoms with van der Waals surface area (Å²) in [5.41, 5.74) is 0.639. The Balaban J connectivity index is 3.33. The zero-order chi connectivity index (χ0) is 10.6. The number of hydrogen-bond donors (Lipinski definition) is 0. The summed E-state index contributed by atoms with van der Waals surface area (Å²) >= 11 is 0. The number of carbonyl (C=O) groups excluding carboxylic acids is 1. The molecular weight excluding hydrogens is 182 g/mol. The molecule has 1 aromatic carbocycles. The number of nitro groups is 1. The summed E-state index contributed by atoms with van der Waals surface area (Å²) in [4.78, 5) is 20.7. The lowest BCUT2D eigenvalue weighted by atomic mass is 10.1. The van der Waals surface area contributed by atoms with Gasteiger partial charge >= 0.3 is 0 Å². The molecule has 0 saturated carbocycles. The first-order valence-corrected chi connectivity index (χ1v) is 4.06. The van der Waals surface area contributed by atoms with E-state index in [4.69, 9.17) is 0 Å². The van der Waals surface area contributed by atoms with Gasteiger partial charge in [-0.1, -0.05) is 18.2 Å². The van der Waals surface area contributed by atoms with Crippen molar-refractivity contribution in [3.63, 3.8) is 0 Å². The highest BCUT2D eigenvalue weighted by Crippen LogP contribution is 2.23. The summed E-state index contributed by atoms with van der Waals surface area (Å²) in [5, 5.41) is 10.6. The van der Waals surface area contributed by atoms with Crippen molar-refractivity contribution in [3.05, 3.63) is 46.0 Å². The molecule has 0 spiro atoms. The number of allylic oxidation sites excluding steroid dienone is 2.